The van der Waals surface area contributed by atoms with Gasteiger partial charge < -0.3 is 24.3 Å². The third-order valence-corrected chi connectivity index (χ3v) is 4.01. The smallest absolute Gasteiger partial charge is 0.220 e. The van der Waals surface area contributed by atoms with E-state index in [1.807, 2.05) is 36.4 Å². The van der Waals surface area contributed by atoms with E-state index < -0.39 is 0 Å². The van der Waals surface area contributed by atoms with Crippen LogP contribution in [0.1, 0.15) is 17.5 Å². The van der Waals surface area contributed by atoms with Gasteiger partial charge in [-0.25, -0.2) is 0 Å². The van der Waals surface area contributed by atoms with Crippen molar-refractivity contribution in [3.63, 3.8) is 0 Å². The number of rotatable bonds is 9. The molecule has 0 radical (unpaired) electrons. The Morgan fingerprint density at radius 3 is 1.96 bits per heavy atom. The first kappa shape index (κ1) is 19.4. The zero-order valence-corrected chi connectivity index (χ0v) is 15.6. The Kier molecular flexibility index (Phi) is 7.14. The highest BCUT2D eigenvalue weighted by atomic mass is 16.5. The van der Waals surface area contributed by atoms with Gasteiger partial charge in [0.1, 0.15) is 5.75 Å². The monoisotopic (exact) mass is 359 g/mol. The average molecular weight is 359 g/mol. The maximum atomic E-state index is 12.1. The van der Waals surface area contributed by atoms with Crippen molar-refractivity contribution in [3.8, 4) is 23.0 Å². The molecule has 0 aliphatic rings. The second-order valence-electron chi connectivity index (χ2n) is 5.66. The number of carbonyl (C=O) groups is 1. The highest BCUT2D eigenvalue weighted by molar-refractivity contribution is 5.76. The number of nitrogens with one attached hydrogen (secondary N) is 1. The molecule has 6 heteroatoms. The zero-order chi connectivity index (χ0) is 18.9. The minimum Gasteiger partial charge on any atom is -0.497 e. The van der Waals surface area contributed by atoms with Crippen molar-refractivity contribution in [3.05, 3.63) is 47.5 Å². The molecule has 0 aromatic heterocycles. The van der Waals surface area contributed by atoms with Gasteiger partial charge in [-0.3, -0.25) is 4.79 Å². The molecule has 0 aliphatic heterocycles. The van der Waals surface area contributed by atoms with E-state index in [9.17, 15) is 4.79 Å². The van der Waals surface area contributed by atoms with Crippen LogP contribution in [0.5, 0.6) is 23.0 Å². The molecule has 2 aromatic rings. The lowest BCUT2D eigenvalue weighted by Gasteiger charge is -2.14. The molecule has 26 heavy (non-hydrogen) atoms. The van der Waals surface area contributed by atoms with Crippen molar-refractivity contribution in [2.75, 3.05) is 28.4 Å². The lowest BCUT2D eigenvalue weighted by molar-refractivity contribution is -0.121. The molecule has 1 amide bonds. The molecular formula is C20H25NO5. The second-order valence-corrected chi connectivity index (χ2v) is 5.66. The normalized spacial score (nSPS) is 10.2. The number of hydrogen-bond acceptors (Lipinski definition) is 5. The van der Waals surface area contributed by atoms with Crippen molar-refractivity contribution in [1.29, 1.82) is 0 Å². The first-order chi connectivity index (χ1) is 12.6. The number of benzene rings is 2. The van der Waals surface area contributed by atoms with Crippen LogP contribution >= 0.6 is 0 Å². The van der Waals surface area contributed by atoms with Crippen molar-refractivity contribution < 1.29 is 23.7 Å². The lowest BCUT2D eigenvalue weighted by atomic mass is 10.1. The van der Waals surface area contributed by atoms with Gasteiger partial charge in [-0.1, -0.05) is 12.1 Å². The summed E-state index contributed by atoms with van der Waals surface area (Å²) in [4.78, 5) is 12.1. The highest BCUT2D eigenvalue weighted by Crippen LogP contribution is 2.38. The molecule has 0 spiro atoms. The molecule has 0 aliphatic carbocycles. The van der Waals surface area contributed by atoms with Gasteiger partial charge in [0.15, 0.2) is 11.5 Å². The van der Waals surface area contributed by atoms with Crippen molar-refractivity contribution in [1.82, 2.24) is 5.32 Å². The summed E-state index contributed by atoms with van der Waals surface area (Å²) in [6.07, 6.45) is 1.09. The Morgan fingerprint density at radius 1 is 0.846 bits per heavy atom. The molecular weight excluding hydrogens is 334 g/mol. The van der Waals surface area contributed by atoms with Crippen LogP contribution in [-0.2, 0) is 17.8 Å². The van der Waals surface area contributed by atoms with Crippen LogP contribution in [0.4, 0.5) is 0 Å². The fourth-order valence-electron chi connectivity index (χ4n) is 2.58. The summed E-state index contributed by atoms with van der Waals surface area (Å²) in [5.41, 5.74) is 1.96. The summed E-state index contributed by atoms with van der Waals surface area (Å²) in [7, 11) is 6.32. The minimum atomic E-state index is -0.0189. The van der Waals surface area contributed by atoms with Gasteiger partial charge in [-0.15, -0.1) is 0 Å². The number of carbonyl (C=O) groups excluding carboxylic acids is 1. The Bertz CT molecular complexity index is 702. The van der Waals surface area contributed by atoms with Gasteiger partial charge in [0.05, 0.1) is 28.4 Å². The fraction of sp³-hybridized carbons (Fsp3) is 0.350. The molecule has 0 bridgehead atoms. The summed E-state index contributed by atoms with van der Waals surface area (Å²) in [5.74, 6) is 2.45. The van der Waals surface area contributed by atoms with E-state index in [1.165, 1.54) is 0 Å². The van der Waals surface area contributed by atoms with E-state index in [0.29, 0.717) is 36.6 Å². The molecule has 0 unspecified atom stereocenters. The second kappa shape index (κ2) is 9.56. The number of ether oxygens (including phenoxy) is 4. The van der Waals surface area contributed by atoms with Crippen LogP contribution in [-0.4, -0.2) is 34.3 Å². The van der Waals surface area contributed by atoms with Crippen LogP contribution in [0.15, 0.2) is 36.4 Å². The Morgan fingerprint density at radius 2 is 1.46 bits per heavy atom. The van der Waals surface area contributed by atoms with Gasteiger partial charge in [0.2, 0.25) is 11.7 Å². The summed E-state index contributed by atoms with van der Waals surface area (Å²) in [5, 5.41) is 2.92. The summed E-state index contributed by atoms with van der Waals surface area (Å²) >= 11 is 0. The SMILES string of the molecule is COc1ccc(CCC(=O)NCc2cc(OC)c(OC)c(OC)c2)cc1. The maximum Gasteiger partial charge on any atom is 0.220 e. The Balaban J connectivity index is 1.91. The number of hydrogen-bond donors (Lipinski definition) is 1. The van der Waals surface area contributed by atoms with E-state index in [4.69, 9.17) is 18.9 Å². The van der Waals surface area contributed by atoms with E-state index >= 15 is 0 Å². The fourth-order valence-corrected chi connectivity index (χ4v) is 2.58. The average Bonchev–Trinajstić information content (AvgIpc) is 2.69. The quantitative estimate of drug-likeness (QED) is 0.746. The number of aryl methyl sites for hydroxylation is 1. The molecule has 140 valence electrons. The Hall–Kier alpha value is -2.89. The number of amides is 1. The summed E-state index contributed by atoms with van der Waals surface area (Å²) in [6, 6.07) is 11.4. The van der Waals surface area contributed by atoms with Gasteiger partial charge >= 0.3 is 0 Å². The first-order valence-corrected chi connectivity index (χ1v) is 8.29. The largest absolute Gasteiger partial charge is 0.497 e. The Labute approximate surface area is 154 Å². The van der Waals surface area contributed by atoms with E-state index in [0.717, 1.165) is 16.9 Å². The lowest BCUT2D eigenvalue weighted by Crippen LogP contribution is -2.23. The summed E-state index contributed by atoms with van der Waals surface area (Å²) in [6.45, 7) is 0.387. The van der Waals surface area contributed by atoms with Gasteiger partial charge in [-0.2, -0.15) is 0 Å². The van der Waals surface area contributed by atoms with Crippen LogP contribution in [0.3, 0.4) is 0 Å². The summed E-state index contributed by atoms with van der Waals surface area (Å²) < 4.78 is 21.1. The molecule has 0 atom stereocenters. The van der Waals surface area contributed by atoms with E-state index in [1.54, 1.807) is 28.4 Å². The topological polar surface area (TPSA) is 66.0 Å². The molecule has 2 aromatic carbocycles. The zero-order valence-electron chi connectivity index (χ0n) is 15.6. The number of methoxy groups -OCH3 is 4. The van der Waals surface area contributed by atoms with Gasteiger partial charge in [0, 0.05) is 13.0 Å². The highest BCUT2D eigenvalue weighted by Gasteiger charge is 2.13. The maximum absolute atomic E-state index is 12.1. The standard InChI is InChI=1S/C20H25NO5/c1-23-16-8-5-14(6-9-16)7-10-19(22)21-13-15-11-17(24-2)20(26-4)18(12-15)25-3/h5-6,8-9,11-12H,7,10,13H2,1-4H3,(H,21,22). The molecule has 0 fully saturated rings. The van der Waals surface area contributed by atoms with Crippen molar-refractivity contribution in [2.24, 2.45) is 0 Å². The third kappa shape index (κ3) is 5.05. The first-order valence-electron chi connectivity index (χ1n) is 8.29. The predicted molar refractivity (Wildman–Crippen MR) is 99.3 cm³/mol. The molecule has 2 rings (SSSR count). The minimum absolute atomic E-state index is 0.0189. The van der Waals surface area contributed by atoms with Crippen molar-refractivity contribution in [2.45, 2.75) is 19.4 Å². The molecule has 0 saturated heterocycles. The van der Waals surface area contributed by atoms with E-state index in [-0.39, 0.29) is 5.91 Å². The molecule has 1 N–H and O–H groups in total. The van der Waals surface area contributed by atoms with E-state index in [2.05, 4.69) is 5.32 Å². The van der Waals surface area contributed by atoms with Crippen LogP contribution in [0, 0.1) is 0 Å². The van der Waals surface area contributed by atoms with Crippen molar-refractivity contribution >= 4 is 5.91 Å². The molecule has 0 saturated carbocycles. The predicted octanol–water partition coefficient (Wildman–Crippen LogP) is 2.97. The van der Waals surface area contributed by atoms with Crippen LogP contribution in [0.25, 0.3) is 0 Å². The van der Waals surface area contributed by atoms with Crippen LogP contribution in [0.2, 0.25) is 0 Å². The molecule has 0 heterocycles. The third-order valence-electron chi connectivity index (χ3n) is 4.01. The van der Waals surface area contributed by atoms with Gasteiger partial charge in [-0.05, 0) is 41.8 Å². The molecule has 6 nitrogen and oxygen atoms in total. The van der Waals surface area contributed by atoms with Crippen LogP contribution < -0.4 is 24.3 Å². The van der Waals surface area contributed by atoms with Gasteiger partial charge in [0.25, 0.3) is 0 Å².